The highest BCUT2D eigenvalue weighted by Gasteiger charge is 2.01. The van der Waals surface area contributed by atoms with Crippen molar-refractivity contribution < 1.29 is 4.74 Å². The number of rotatable bonds is 6. The molecule has 2 aromatic carbocycles. The van der Waals surface area contributed by atoms with Gasteiger partial charge in [-0.3, -0.25) is 4.99 Å². The van der Waals surface area contributed by atoms with E-state index in [2.05, 4.69) is 18.8 Å². The Morgan fingerprint density at radius 1 is 1.09 bits per heavy atom. The average molecular weight is 336 g/mol. The Hall–Kier alpha value is -1.51. The maximum Gasteiger partial charge on any atom is 0.119 e. The molecule has 0 aromatic heterocycles. The number of ether oxygens (including phenoxy) is 1. The van der Waals surface area contributed by atoms with Crippen LogP contribution in [0.5, 0.6) is 5.75 Å². The first-order valence-corrected chi connectivity index (χ1v) is 8.04. The van der Waals surface area contributed by atoms with Crippen molar-refractivity contribution in [3.8, 4) is 5.75 Å². The van der Waals surface area contributed by atoms with Crippen LogP contribution >= 0.6 is 23.2 Å². The van der Waals surface area contributed by atoms with Gasteiger partial charge in [-0.15, -0.1) is 0 Å². The van der Waals surface area contributed by atoms with Crippen molar-refractivity contribution in [2.24, 2.45) is 4.99 Å². The Morgan fingerprint density at radius 3 is 2.45 bits per heavy atom. The second-order valence-corrected chi connectivity index (χ2v) is 5.96. The van der Waals surface area contributed by atoms with Crippen molar-refractivity contribution in [1.29, 1.82) is 0 Å². The number of hydrogen-bond acceptors (Lipinski definition) is 2. The summed E-state index contributed by atoms with van der Waals surface area (Å²) in [6.45, 7) is 4.68. The topological polar surface area (TPSA) is 21.6 Å². The third-order valence-electron chi connectivity index (χ3n) is 3.34. The van der Waals surface area contributed by atoms with E-state index in [0.717, 1.165) is 23.3 Å². The molecule has 0 radical (unpaired) electrons. The monoisotopic (exact) mass is 335 g/mol. The quantitative estimate of drug-likeness (QED) is 0.612. The molecule has 0 heterocycles. The fourth-order valence-electron chi connectivity index (χ4n) is 1.76. The number of nitrogens with zero attached hydrogens (tertiary/aromatic N) is 1. The van der Waals surface area contributed by atoms with Gasteiger partial charge in [0.1, 0.15) is 12.4 Å². The second-order valence-electron chi connectivity index (χ2n) is 5.14. The zero-order valence-electron chi connectivity index (χ0n) is 12.7. The van der Waals surface area contributed by atoms with Crippen LogP contribution in [0.25, 0.3) is 0 Å². The summed E-state index contributed by atoms with van der Waals surface area (Å²) in [4.78, 5) is 4.46. The maximum absolute atomic E-state index is 5.99. The zero-order valence-corrected chi connectivity index (χ0v) is 14.2. The van der Waals surface area contributed by atoms with E-state index in [1.807, 2.05) is 42.6 Å². The molecule has 2 rings (SSSR count). The summed E-state index contributed by atoms with van der Waals surface area (Å²) in [5, 5.41) is 1.09. The largest absolute Gasteiger partial charge is 0.489 e. The van der Waals surface area contributed by atoms with Gasteiger partial charge in [-0.05, 0) is 60.9 Å². The van der Waals surface area contributed by atoms with Crippen molar-refractivity contribution in [3.05, 3.63) is 63.6 Å². The molecule has 4 heteroatoms. The van der Waals surface area contributed by atoms with E-state index in [-0.39, 0.29) is 0 Å². The molecule has 0 spiro atoms. The van der Waals surface area contributed by atoms with Gasteiger partial charge >= 0.3 is 0 Å². The van der Waals surface area contributed by atoms with Crippen LogP contribution in [0.1, 0.15) is 31.4 Å². The SMILES string of the molecule is CCC(C)/N=C/c1ccc(OCc2ccc(Cl)c(Cl)c2)cc1. The van der Waals surface area contributed by atoms with Crippen molar-refractivity contribution >= 4 is 29.4 Å². The lowest BCUT2D eigenvalue weighted by Gasteiger charge is -2.07. The Bertz CT molecular complexity index is 638. The molecular formula is C18H19Cl2NO. The Balaban J connectivity index is 1.93. The van der Waals surface area contributed by atoms with Gasteiger partial charge in [0, 0.05) is 12.3 Å². The summed E-state index contributed by atoms with van der Waals surface area (Å²) in [6.07, 6.45) is 2.94. The smallest absolute Gasteiger partial charge is 0.119 e. The number of aliphatic imine (C=N–C) groups is 1. The van der Waals surface area contributed by atoms with E-state index in [0.29, 0.717) is 22.7 Å². The normalized spacial score (nSPS) is 12.5. The molecule has 0 bridgehead atoms. The van der Waals surface area contributed by atoms with Crippen LogP contribution in [0.3, 0.4) is 0 Å². The lowest BCUT2D eigenvalue weighted by molar-refractivity contribution is 0.306. The summed E-state index contributed by atoms with van der Waals surface area (Å²) >= 11 is 11.9. The van der Waals surface area contributed by atoms with Crippen LogP contribution < -0.4 is 4.74 Å². The minimum absolute atomic E-state index is 0.352. The molecule has 0 aliphatic carbocycles. The van der Waals surface area contributed by atoms with Gasteiger partial charge in [0.25, 0.3) is 0 Å². The Morgan fingerprint density at radius 2 is 1.82 bits per heavy atom. The van der Waals surface area contributed by atoms with E-state index in [4.69, 9.17) is 27.9 Å². The molecule has 0 aliphatic rings. The third-order valence-corrected chi connectivity index (χ3v) is 4.08. The third kappa shape index (κ3) is 5.04. The summed E-state index contributed by atoms with van der Waals surface area (Å²) in [5.41, 5.74) is 2.05. The fourth-order valence-corrected chi connectivity index (χ4v) is 2.09. The minimum atomic E-state index is 0.352. The van der Waals surface area contributed by atoms with Gasteiger partial charge < -0.3 is 4.74 Å². The predicted molar refractivity (Wildman–Crippen MR) is 94.6 cm³/mol. The fraction of sp³-hybridized carbons (Fsp3) is 0.278. The zero-order chi connectivity index (χ0) is 15.9. The molecule has 116 valence electrons. The molecule has 0 aliphatic heterocycles. The minimum Gasteiger partial charge on any atom is -0.489 e. The maximum atomic E-state index is 5.99. The first-order chi connectivity index (χ1) is 10.6. The molecule has 1 unspecified atom stereocenters. The van der Waals surface area contributed by atoms with E-state index in [9.17, 15) is 0 Å². The lowest BCUT2D eigenvalue weighted by Crippen LogP contribution is -1.97. The lowest BCUT2D eigenvalue weighted by atomic mass is 10.2. The molecule has 22 heavy (non-hydrogen) atoms. The first kappa shape index (κ1) is 16.9. The number of halogens is 2. The Kier molecular flexibility index (Phi) is 6.29. The standard InChI is InChI=1S/C18H19Cl2NO/c1-3-13(2)21-11-14-4-7-16(8-5-14)22-12-15-6-9-17(19)18(20)10-15/h4-11,13H,3,12H2,1-2H3/b21-11+. The van der Waals surface area contributed by atoms with Gasteiger partial charge in [-0.1, -0.05) is 36.2 Å². The van der Waals surface area contributed by atoms with Crippen molar-refractivity contribution in [3.63, 3.8) is 0 Å². The van der Waals surface area contributed by atoms with Crippen molar-refractivity contribution in [1.82, 2.24) is 0 Å². The van der Waals surface area contributed by atoms with Crippen LogP contribution in [-0.4, -0.2) is 12.3 Å². The van der Waals surface area contributed by atoms with E-state index >= 15 is 0 Å². The molecule has 0 saturated carbocycles. The van der Waals surface area contributed by atoms with E-state index < -0.39 is 0 Å². The van der Waals surface area contributed by atoms with Crippen molar-refractivity contribution in [2.45, 2.75) is 32.9 Å². The molecule has 0 saturated heterocycles. The predicted octanol–water partition coefficient (Wildman–Crippen LogP) is 5.79. The van der Waals surface area contributed by atoms with Gasteiger partial charge in [-0.2, -0.15) is 0 Å². The van der Waals surface area contributed by atoms with E-state index in [1.54, 1.807) is 6.07 Å². The van der Waals surface area contributed by atoms with Gasteiger partial charge in [0.2, 0.25) is 0 Å². The highest BCUT2D eigenvalue weighted by atomic mass is 35.5. The van der Waals surface area contributed by atoms with Crippen LogP contribution in [0, 0.1) is 0 Å². The van der Waals surface area contributed by atoms with Gasteiger partial charge in [-0.25, -0.2) is 0 Å². The summed E-state index contributed by atoms with van der Waals surface area (Å²) in [6, 6.07) is 13.7. The molecule has 0 amide bonds. The molecular weight excluding hydrogens is 317 g/mol. The van der Waals surface area contributed by atoms with Crippen LogP contribution in [-0.2, 0) is 6.61 Å². The average Bonchev–Trinajstić information content (AvgIpc) is 2.54. The highest BCUT2D eigenvalue weighted by Crippen LogP contribution is 2.23. The Labute approximate surface area is 141 Å². The van der Waals surface area contributed by atoms with Gasteiger partial charge in [0.15, 0.2) is 0 Å². The summed E-state index contributed by atoms with van der Waals surface area (Å²) in [7, 11) is 0. The van der Waals surface area contributed by atoms with Crippen LogP contribution in [0.15, 0.2) is 47.5 Å². The van der Waals surface area contributed by atoms with Gasteiger partial charge in [0.05, 0.1) is 10.0 Å². The molecule has 0 N–H and O–H groups in total. The van der Waals surface area contributed by atoms with E-state index in [1.165, 1.54) is 0 Å². The first-order valence-electron chi connectivity index (χ1n) is 7.28. The number of benzene rings is 2. The molecule has 2 aromatic rings. The van der Waals surface area contributed by atoms with Crippen LogP contribution in [0.2, 0.25) is 10.0 Å². The second kappa shape index (κ2) is 8.21. The molecule has 1 atom stereocenters. The summed E-state index contributed by atoms with van der Waals surface area (Å²) in [5.74, 6) is 0.812. The highest BCUT2D eigenvalue weighted by molar-refractivity contribution is 6.42. The number of hydrogen-bond donors (Lipinski definition) is 0. The molecule has 0 fully saturated rings. The van der Waals surface area contributed by atoms with Crippen LogP contribution in [0.4, 0.5) is 0 Å². The van der Waals surface area contributed by atoms with Crippen molar-refractivity contribution in [2.75, 3.05) is 0 Å². The molecule has 2 nitrogen and oxygen atoms in total. The summed E-state index contributed by atoms with van der Waals surface area (Å²) < 4.78 is 5.74.